The average molecular weight is 200 g/mol. The number of aliphatic hydroxyl groups is 1. The maximum atomic E-state index is 11.2. The van der Waals surface area contributed by atoms with Crippen LogP contribution in [0.4, 0.5) is 0 Å². The monoisotopic (exact) mass is 200 g/mol. The van der Waals surface area contributed by atoms with E-state index >= 15 is 0 Å². The van der Waals surface area contributed by atoms with Gasteiger partial charge < -0.3 is 9.84 Å². The van der Waals surface area contributed by atoms with Crippen LogP contribution in [0.1, 0.15) is 39.5 Å². The van der Waals surface area contributed by atoms with Gasteiger partial charge in [0.15, 0.2) is 0 Å². The molecule has 14 heavy (non-hydrogen) atoms. The van der Waals surface area contributed by atoms with Gasteiger partial charge in [-0.1, -0.05) is 13.5 Å². The molecule has 0 spiro atoms. The number of carbonyl (C=O) groups is 1. The van der Waals surface area contributed by atoms with Crippen molar-refractivity contribution < 1.29 is 14.6 Å². The van der Waals surface area contributed by atoms with E-state index in [1.165, 1.54) is 0 Å². The maximum Gasteiger partial charge on any atom is 0.333 e. The highest BCUT2D eigenvalue weighted by atomic mass is 16.5. The summed E-state index contributed by atoms with van der Waals surface area (Å²) in [6, 6.07) is 0. The van der Waals surface area contributed by atoms with Crippen molar-refractivity contribution in [1.82, 2.24) is 0 Å². The summed E-state index contributed by atoms with van der Waals surface area (Å²) in [6.07, 6.45) is 3.24. The fourth-order valence-corrected chi connectivity index (χ4v) is 1.08. The Labute approximate surface area is 85.8 Å². The van der Waals surface area contributed by atoms with Gasteiger partial charge in [0.1, 0.15) is 6.10 Å². The Kier molecular flexibility index (Phi) is 7.11. The number of ether oxygens (including phenoxy) is 1. The number of esters is 1. The highest BCUT2D eigenvalue weighted by Crippen LogP contribution is 2.10. The van der Waals surface area contributed by atoms with E-state index in [4.69, 9.17) is 9.84 Å². The number of hydrogen-bond acceptors (Lipinski definition) is 3. The van der Waals surface area contributed by atoms with Crippen LogP contribution in [0.5, 0.6) is 0 Å². The van der Waals surface area contributed by atoms with E-state index in [9.17, 15) is 4.79 Å². The van der Waals surface area contributed by atoms with Gasteiger partial charge in [-0.3, -0.25) is 0 Å². The van der Waals surface area contributed by atoms with Crippen LogP contribution < -0.4 is 0 Å². The molecule has 0 amide bonds. The minimum atomic E-state index is -0.319. The Morgan fingerprint density at radius 3 is 2.57 bits per heavy atom. The smallest absolute Gasteiger partial charge is 0.333 e. The first kappa shape index (κ1) is 13.2. The summed E-state index contributed by atoms with van der Waals surface area (Å²) in [5.74, 6) is -0.319. The Morgan fingerprint density at radius 1 is 1.50 bits per heavy atom. The molecule has 0 aliphatic carbocycles. The normalized spacial score (nSPS) is 12.2. The van der Waals surface area contributed by atoms with Gasteiger partial charge in [-0.25, -0.2) is 4.79 Å². The predicted octanol–water partition coefficient (Wildman–Crippen LogP) is 2.05. The van der Waals surface area contributed by atoms with Crippen molar-refractivity contribution in [3.05, 3.63) is 12.2 Å². The predicted molar refractivity (Wildman–Crippen MR) is 55.9 cm³/mol. The van der Waals surface area contributed by atoms with Gasteiger partial charge in [-0.05, 0) is 32.6 Å². The summed E-state index contributed by atoms with van der Waals surface area (Å²) in [5.41, 5.74) is 0.436. The topological polar surface area (TPSA) is 46.5 Å². The Bertz CT molecular complexity index is 187. The van der Waals surface area contributed by atoms with Crippen LogP contribution in [-0.2, 0) is 9.53 Å². The maximum absolute atomic E-state index is 11.2. The molecule has 82 valence electrons. The van der Waals surface area contributed by atoms with Crippen LogP contribution in [0.2, 0.25) is 0 Å². The molecule has 0 aromatic rings. The van der Waals surface area contributed by atoms with Gasteiger partial charge in [0.2, 0.25) is 0 Å². The second kappa shape index (κ2) is 7.56. The molecule has 0 heterocycles. The fraction of sp³-hybridized carbons (Fsp3) is 0.727. The number of rotatable bonds is 7. The molecular formula is C11H20O3. The summed E-state index contributed by atoms with van der Waals surface area (Å²) in [5, 5.41) is 8.60. The minimum Gasteiger partial charge on any atom is -0.459 e. The third-order valence-electron chi connectivity index (χ3n) is 2.01. The zero-order chi connectivity index (χ0) is 11.0. The molecule has 0 bridgehead atoms. The lowest BCUT2D eigenvalue weighted by Gasteiger charge is -2.15. The highest BCUT2D eigenvalue weighted by Gasteiger charge is 2.12. The number of unbranched alkanes of at least 4 members (excludes halogenated alkanes) is 1. The van der Waals surface area contributed by atoms with Crippen molar-refractivity contribution in [2.24, 2.45) is 0 Å². The molecule has 3 heteroatoms. The molecule has 0 saturated carbocycles. The van der Waals surface area contributed by atoms with Crippen LogP contribution in [0.15, 0.2) is 12.2 Å². The Morgan fingerprint density at radius 2 is 2.14 bits per heavy atom. The first-order valence-electron chi connectivity index (χ1n) is 5.09. The molecule has 1 N–H and O–H groups in total. The fourth-order valence-electron chi connectivity index (χ4n) is 1.08. The van der Waals surface area contributed by atoms with Gasteiger partial charge in [0, 0.05) is 12.2 Å². The van der Waals surface area contributed by atoms with E-state index in [2.05, 4.69) is 6.58 Å². The molecule has 1 atom stereocenters. The quantitative estimate of drug-likeness (QED) is 0.388. The molecule has 0 fully saturated rings. The van der Waals surface area contributed by atoms with Crippen LogP contribution >= 0.6 is 0 Å². The second-order valence-corrected chi connectivity index (χ2v) is 3.44. The first-order valence-corrected chi connectivity index (χ1v) is 5.09. The summed E-state index contributed by atoms with van der Waals surface area (Å²) in [4.78, 5) is 11.2. The molecule has 3 nitrogen and oxygen atoms in total. The number of hydrogen-bond donors (Lipinski definition) is 1. The van der Waals surface area contributed by atoms with Crippen molar-refractivity contribution in [3.8, 4) is 0 Å². The Hall–Kier alpha value is -0.830. The average Bonchev–Trinajstić information content (AvgIpc) is 2.16. The summed E-state index contributed by atoms with van der Waals surface area (Å²) < 4.78 is 5.19. The van der Waals surface area contributed by atoms with E-state index in [1.54, 1.807) is 6.92 Å². The van der Waals surface area contributed by atoms with Gasteiger partial charge in [0.05, 0.1) is 0 Å². The SMILES string of the molecule is C=C(C)C(=O)OC(CC)CCCCO. The van der Waals surface area contributed by atoms with Crippen molar-refractivity contribution in [2.45, 2.75) is 45.6 Å². The van der Waals surface area contributed by atoms with E-state index in [0.29, 0.717) is 5.57 Å². The third kappa shape index (κ3) is 5.75. The van der Waals surface area contributed by atoms with Crippen LogP contribution in [0.25, 0.3) is 0 Å². The van der Waals surface area contributed by atoms with Crippen LogP contribution in [0, 0.1) is 0 Å². The lowest BCUT2D eigenvalue weighted by molar-refractivity contribution is -0.144. The lowest BCUT2D eigenvalue weighted by atomic mass is 10.1. The van der Waals surface area contributed by atoms with E-state index in [-0.39, 0.29) is 18.7 Å². The van der Waals surface area contributed by atoms with E-state index in [1.807, 2.05) is 6.92 Å². The number of aliphatic hydroxyl groups excluding tert-OH is 1. The molecule has 0 aliphatic heterocycles. The summed E-state index contributed by atoms with van der Waals surface area (Å²) in [7, 11) is 0. The van der Waals surface area contributed by atoms with Crippen molar-refractivity contribution in [2.75, 3.05) is 6.61 Å². The van der Waals surface area contributed by atoms with Gasteiger partial charge in [-0.15, -0.1) is 0 Å². The minimum absolute atomic E-state index is 0.0363. The molecule has 0 aromatic heterocycles. The van der Waals surface area contributed by atoms with Gasteiger partial charge in [0.25, 0.3) is 0 Å². The van der Waals surface area contributed by atoms with Crippen molar-refractivity contribution >= 4 is 5.97 Å². The van der Waals surface area contributed by atoms with Gasteiger partial charge >= 0.3 is 5.97 Å². The van der Waals surface area contributed by atoms with Gasteiger partial charge in [-0.2, -0.15) is 0 Å². The largest absolute Gasteiger partial charge is 0.459 e. The zero-order valence-electron chi connectivity index (χ0n) is 9.08. The standard InChI is InChI=1S/C11H20O3/c1-4-10(7-5-6-8-12)14-11(13)9(2)3/h10,12H,2,4-8H2,1,3H3. The third-order valence-corrected chi connectivity index (χ3v) is 2.01. The number of carbonyl (C=O) groups excluding carboxylic acids is 1. The van der Waals surface area contributed by atoms with E-state index in [0.717, 1.165) is 25.7 Å². The lowest BCUT2D eigenvalue weighted by Crippen LogP contribution is -2.17. The van der Waals surface area contributed by atoms with Crippen molar-refractivity contribution in [3.63, 3.8) is 0 Å². The van der Waals surface area contributed by atoms with Crippen LogP contribution in [-0.4, -0.2) is 23.8 Å². The van der Waals surface area contributed by atoms with E-state index < -0.39 is 0 Å². The second-order valence-electron chi connectivity index (χ2n) is 3.44. The molecule has 1 unspecified atom stereocenters. The Balaban J connectivity index is 3.78. The van der Waals surface area contributed by atoms with Crippen LogP contribution in [0.3, 0.4) is 0 Å². The molecule has 0 aromatic carbocycles. The highest BCUT2D eigenvalue weighted by molar-refractivity contribution is 5.87. The molecule has 0 saturated heterocycles. The summed E-state index contributed by atoms with van der Waals surface area (Å²) >= 11 is 0. The first-order chi connectivity index (χ1) is 6.61. The summed E-state index contributed by atoms with van der Waals surface area (Å²) in [6.45, 7) is 7.35. The molecule has 0 aliphatic rings. The molecular weight excluding hydrogens is 180 g/mol. The zero-order valence-corrected chi connectivity index (χ0v) is 9.08. The molecule has 0 rings (SSSR count). The van der Waals surface area contributed by atoms with Crippen molar-refractivity contribution in [1.29, 1.82) is 0 Å². The molecule has 0 radical (unpaired) electrons.